The van der Waals surface area contributed by atoms with Crippen molar-refractivity contribution in [2.45, 2.75) is 31.8 Å². The van der Waals surface area contributed by atoms with Crippen molar-refractivity contribution in [2.24, 2.45) is 0 Å². The van der Waals surface area contributed by atoms with Gasteiger partial charge >= 0.3 is 0 Å². The summed E-state index contributed by atoms with van der Waals surface area (Å²) in [4.78, 5) is 4.27. The largest absolute Gasteiger partial charge is 0.359 e. The number of allylic oxidation sites excluding steroid dienone is 1. The minimum atomic E-state index is -4.02. The molecule has 0 spiro atoms. The monoisotopic (exact) mass is 310 g/mol. The fraction of sp³-hybridized carbons (Fsp3) is 0.333. The average Bonchev–Trinajstić information content (AvgIpc) is 2.71. The Morgan fingerprint density at radius 3 is 2.14 bits per heavy atom. The Morgan fingerprint density at radius 2 is 1.76 bits per heavy atom. The molecule has 0 fully saturated rings. The Labute approximate surface area is 126 Å². The molecule has 5 nitrogen and oxygen atoms in total. The van der Waals surface area contributed by atoms with E-state index in [0.29, 0.717) is 6.17 Å². The Kier molecular flexibility index (Phi) is 5.99. The van der Waals surface area contributed by atoms with Crippen LogP contribution >= 0.6 is 0 Å². The lowest BCUT2D eigenvalue weighted by molar-refractivity contribution is 0.246. The molecule has 2 rings (SSSR count). The van der Waals surface area contributed by atoms with Gasteiger partial charge in [0.25, 0.3) is 10.1 Å². The fourth-order valence-corrected chi connectivity index (χ4v) is 2.18. The van der Waals surface area contributed by atoms with Crippen molar-refractivity contribution in [1.82, 2.24) is 9.80 Å². The van der Waals surface area contributed by atoms with E-state index in [1.807, 2.05) is 19.9 Å². The first kappa shape index (κ1) is 17.3. The Hall–Kier alpha value is -1.79. The van der Waals surface area contributed by atoms with Crippen molar-refractivity contribution in [3.63, 3.8) is 0 Å². The van der Waals surface area contributed by atoms with Gasteiger partial charge in [0.1, 0.15) is 6.17 Å². The average molecular weight is 310 g/mol. The van der Waals surface area contributed by atoms with Crippen LogP contribution in [0.5, 0.6) is 0 Å². The standard InChI is InChI=1S/C8H14N2.C7H8O3S/c1-4-5-10-7-6-9(3)8(10)2;1-6-2-4-7(5-3-6)11(8,9)10/h4-8H,1-3H3;2-5H,1H3,(H,8,9,10). The van der Waals surface area contributed by atoms with Gasteiger partial charge in [-0.2, -0.15) is 8.42 Å². The SMILES string of the molecule is CC=CN1C=CN(C)C1C.Cc1ccc(S(=O)(=O)O)cc1. The third kappa shape index (κ3) is 5.24. The van der Waals surface area contributed by atoms with Crippen LogP contribution in [-0.4, -0.2) is 36.0 Å². The van der Waals surface area contributed by atoms with Crippen molar-refractivity contribution in [1.29, 1.82) is 0 Å². The molecule has 0 aliphatic carbocycles. The molecule has 6 heteroatoms. The van der Waals surface area contributed by atoms with E-state index in [1.165, 1.54) is 12.1 Å². The predicted molar refractivity (Wildman–Crippen MR) is 84.0 cm³/mol. The molecule has 1 N–H and O–H groups in total. The van der Waals surface area contributed by atoms with Crippen LogP contribution in [0.4, 0.5) is 0 Å². The minimum absolute atomic E-state index is 0.0666. The molecule has 1 aromatic rings. The van der Waals surface area contributed by atoms with Crippen LogP contribution in [0.25, 0.3) is 0 Å². The molecule has 1 atom stereocenters. The number of hydrogen-bond donors (Lipinski definition) is 1. The zero-order valence-electron chi connectivity index (χ0n) is 12.8. The smallest absolute Gasteiger partial charge is 0.294 e. The molecule has 1 unspecified atom stereocenters. The number of nitrogens with zero attached hydrogens (tertiary/aromatic N) is 2. The van der Waals surface area contributed by atoms with Crippen molar-refractivity contribution in [3.8, 4) is 0 Å². The summed E-state index contributed by atoms with van der Waals surface area (Å²) in [5.74, 6) is 0. The lowest BCUT2D eigenvalue weighted by Crippen LogP contribution is -2.29. The van der Waals surface area contributed by atoms with E-state index in [9.17, 15) is 8.42 Å². The third-order valence-electron chi connectivity index (χ3n) is 3.13. The molecule has 0 radical (unpaired) electrons. The molecular formula is C15H22N2O3S. The summed E-state index contributed by atoms with van der Waals surface area (Å²) in [6.07, 6.45) is 8.73. The highest BCUT2D eigenvalue weighted by Crippen LogP contribution is 2.12. The number of aryl methyl sites for hydroxylation is 1. The van der Waals surface area contributed by atoms with Crippen molar-refractivity contribution < 1.29 is 13.0 Å². The molecule has 0 saturated carbocycles. The van der Waals surface area contributed by atoms with Gasteiger partial charge in [0, 0.05) is 25.6 Å². The fourth-order valence-electron chi connectivity index (χ4n) is 1.70. The zero-order chi connectivity index (χ0) is 16.0. The topological polar surface area (TPSA) is 60.9 Å². The lowest BCUT2D eigenvalue weighted by Gasteiger charge is -2.23. The third-order valence-corrected chi connectivity index (χ3v) is 4.00. The highest BCUT2D eigenvalue weighted by molar-refractivity contribution is 7.85. The van der Waals surface area contributed by atoms with Crippen molar-refractivity contribution in [2.75, 3.05) is 7.05 Å². The molecule has 1 aliphatic heterocycles. The van der Waals surface area contributed by atoms with Gasteiger partial charge in [-0.1, -0.05) is 23.8 Å². The molecule has 0 bridgehead atoms. The Balaban J connectivity index is 0.000000211. The molecule has 1 aliphatic rings. The molecule has 0 aromatic heterocycles. The van der Waals surface area contributed by atoms with Gasteiger partial charge in [0.15, 0.2) is 0 Å². The van der Waals surface area contributed by atoms with E-state index in [0.717, 1.165) is 5.56 Å². The summed E-state index contributed by atoms with van der Waals surface area (Å²) in [5.41, 5.74) is 0.956. The summed E-state index contributed by atoms with van der Waals surface area (Å²) < 4.78 is 29.6. The second kappa shape index (κ2) is 7.28. The summed E-state index contributed by atoms with van der Waals surface area (Å²) in [6, 6.07) is 5.99. The van der Waals surface area contributed by atoms with Crippen LogP contribution < -0.4 is 0 Å². The van der Waals surface area contributed by atoms with E-state index < -0.39 is 10.1 Å². The van der Waals surface area contributed by atoms with Gasteiger partial charge in [-0.3, -0.25) is 4.55 Å². The van der Waals surface area contributed by atoms with Gasteiger partial charge < -0.3 is 9.80 Å². The highest BCUT2D eigenvalue weighted by atomic mass is 32.2. The normalized spacial score (nSPS) is 18.0. The maximum atomic E-state index is 10.5. The minimum Gasteiger partial charge on any atom is -0.359 e. The van der Waals surface area contributed by atoms with E-state index >= 15 is 0 Å². The van der Waals surface area contributed by atoms with Gasteiger partial charge in [-0.25, -0.2) is 0 Å². The van der Waals surface area contributed by atoms with E-state index in [2.05, 4.69) is 42.4 Å². The number of benzene rings is 1. The first-order valence-corrected chi connectivity index (χ1v) is 8.04. The Bertz CT molecular complexity index is 606. The van der Waals surface area contributed by atoms with Crippen LogP contribution in [0.3, 0.4) is 0 Å². The van der Waals surface area contributed by atoms with Crippen LogP contribution in [0, 0.1) is 6.92 Å². The van der Waals surface area contributed by atoms with Gasteiger partial charge in [-0.05, 0) is 32.9 Å². The number of rotatable bonds is 2. The molecule has 0 saturated heterocycles. The van der Waals surface area contributed by atoms with Crippen LogP contribution in [0.1, 0.15) is 19.4 Å². The maximum absolute atomic E-state index is 10.5. The van der Waals surface area contributed by atoms with Crippen molar-refractivity contribution >= 4 is 10.1 Å². The summed E-state index contributed by atoms with van der Waals surface area (Å²) >= 11 is 0. The van der Waals surface area contributed by atoms with Crippen molar-refractivity contribution in [3.05, 3.63) is 54.5 Å². The highest BCUT2D eigenvalue weighted by Gasteiger charge is 2.14. The molecule has 0 amide bonds. The zero-order valence-corrected chi connectivity index (χ0v) is 13.6. The summed E-state index contributed by atoms with van der Waals surface area (Å²) in [5, 5.41) is 0. The van der Waals surface area contributed by atoms with Gasteiger partial charge in [-0.15, -0.1) is 0 Å². The van der Waals surface area contributed by atoms with Crippen LogP contribution in [-0.2, 0) is 10.1 Å². The lowest BCUT2D eigenvalue weighted by atomic mass is 10.2. The molecule has 1 heterocycles. The van der Waals surface area contributed by atoms with Crippen LogP contribution in [0.15, 0.2) is 53.8 Å². The quantitative estimate of drug-likeness (QED) is 0.851. The molecule has 21 heavy (non-hydrogen) atoms. The predicted octanol–water partition coefficient (Wildman–Crippen LogP) is 2.83. The van der Waals surface area contributed by atoms with Gasteiger partial charge in [0.05, 0.1) is 4.90 Å². The molecular weight excluding hydrogens is 288 g/mol. The summed E-state index contributed by atoms with van der Waals surface area (Å²) in [7, 11) is -1.95. The first-order chi connectivity index (χ1) is 9.75. The number of hydrogen-bond acceptors (Lipinski definition) is 4. The first-order valence-electron chi connectivity index (χ1n) is 6.60. The Morgan fingerprint density at radius 1 is 1.19 bits per heavy atom. The van der Waals surface area contributed by atoms with Crippen LogP contribution in [0.2, 0.25) is 0 Å². The van der Waals surface area contributed by atoms with E-state index in [4.69, 9.17) is 4.55 Å². The van der Waals surface area contributed by atoms with E-state index in [1.54, 1.807) is 12.1 Å². The van der Waals surface area contributed by atoms with Gasteiger partial charge in [0.2, 0.25) is 0 Å². The van der Waals surface area contributed by atoms with E-state index in [-0.39, 0.29) is 4.90 Å². The second-order valence-corrected chi connectivity index (χ2v) is 6.23. The second-order valence-electron chi connectivity index (χ2n) is 4.81. The molecule has 1 aromatic carbocycles. The molecule has 116 valence electrons. The summed E-state index contributed by atoms with van der Waals surface area (Å²) in [6.45, 7) is 6.03. The maximum Gasteiger partial charge on any atom is 0.294 e.